The first-order valence-electron chi connectivity index (χ1n) is 7.04. The van der Waals surface area contributed by atoms with Gasteiger partial charge >= 0.3 is 6.09 Å². The quantitative estimate of drug-likeness (QED) is 0.771. The van der Waals surface area contributed by atoms with Crippen LogP contribution in [-0.4, -0.2) is 18.9 Å². The fourth-order valence-electron chi connectivity index (χ4n) is 1.91. The Morgan fingerprint density at radius 1 is 1.13 bits per heavy atom. The lowest BCUT2D eigenvalue weighted by atomic mass is 10.1. The van der Waals surface area contributed by atoms with E-state index in [0.717, 1.165) is 21.9 Å². The van der Waals surface area contributed by atoms with Crippen molar-refractivity contribution < 1.29 is 14.3 Å². The predicted molar refractivity (Wildman–Crippen MR) is 93.2 cm³/mol. The Morgan fingerprint density at radius 2 is 1.87 bits per heavy atom. The summed E-state index contributed by atoms with van der Waals surface area (Å²) < 4.78 is 5.93. The summed E-state index contributed by atoms with van der Waals surface area (Å²) in [6.07, 6.45) is 3.94. The van der Waals surface area contributed by atoms with Gasteiger partial charge in [-0.05, 0) is 29.3 Å². The van der Waals surface area contributed by atoms with Crippen molar-refractivity contribution >= 4 is 34.4 Å². The Labute approximate surface area is 143 Å². The summed E-state index contributed by atoms with van der Waals surface area (Å²) in [5.41, 5.74) is 2.41. The molecule has 118 valence electrons. The van der Waals surface area contributed by atoms with Crippen LogP contribution in [0.1, 0.15) is 21.5 Å². The smallest absolute Gasteiger partial charge is 0.407 e. The second-order valence-electron chi connectivity index (χ2n) is 4.78. The van der Waals surface area contributed by atoms with Gasteiger partial charge < -0.3 is 10.1 Å². The maximum atomic E-state index is 11.6. The number of rotatable bonds is 6. The van der Waals surface area contributed by atoms with Gasteiger partial charge in [0.2, 0.25) is 0 Å². The molecule has 0 aliphatic rings. The Morgan fingerprint density at radius 3 is 2.61 bits per heavy atom. The molecule has 2 aromatic carbocycles. The van der Waals surface area contributed by atoms with Crippen molar-refractivity contribution in [3.8, 4) is 0 Å². The molecule has 2 aromatic rings. The molecule has 1 N–H and O–H groups in total. The van der Waals surface area contributed by atoms with Crippen molar-refractivity contribution in [3.05, 3.63) is 75.8 Å². The molecule has 2 rings (SSSR count). The number of amides is 1. The number of alkyl carbamates (subject to hydrolysis) is 1. The van der Waals surface area contributed by atoms with E-state index in [1.807, 2.05) is 42.5 Å². The molecule has 5 heteroatoms. The van der Waals surface area contributed by atoms with Gasteiger partial charge in [0, 0.05) is 16.6 Å². The van der Waals surface area contributed by atoms with Crippen LogP contribution in [0.25, 0.3) is 6.08 Å². The summed E-state index contributed by atoms with van der Waals surface area (Å²) in [4.78, 5) is 22.4. The van der Waals surface area contributed by atoms with Gasteiger partial charge in [-0.3, -0.25) is 4.79 Å². The molecule has 0 aliphatic carbocycles. The first-order chi connectivity index (χ1) is 11.2. The number of carbonyl (C=O) groups excluding carboxylic acids is 2. The third kappa shape index (κ3) is 6.08. The number of halogens is 1. The highest BCUT2D eigenvalue weighted by molar-refractivity contribution is 9.10. The number of nitrogens with one attached hydrogen (secondary N) is 1. The van der Waals surface area contributed by atoms with Gasteiger partial charge in [0.1, 0.15) is 12.9 Å². The van der Waals surface area contributed by atoms with E-state index < -0.39 is 6.09 Å². The molecule has 0 radical (unpaired) electrons. The Kier molecular flexibility index (Phi) is 6.56. The second-order valence-corrected chi connectivity index (χ2v) is 5.70. The number of hydrogen-bond donors (Lipinski definition) is 1. The highest BCUT2D eigenvalue weighted by atomic mass is 79.9. The molecule has 1 amide bonds. The van der Waals surface area contributed by atoms with Gasteiger partial charge in [0.05, 0.1) is 0 Å². The third-order valence-corrected chi connectivity index (χ3v) is 3.42. The van der Waals surface area contributed by atoms with Gasteiger partial charge in [0.25, 0.3) is 0 Å². The first kappa shape index (κ1) is 17.0. The summed E-state index contributed by atoms with van der Waals surface area (Å²) in [6.45, 7) is 0.585. The lowest BCUT2D eigenvalue weighted by Gasteiger charge is -2.05. The van der Waals surface area contributed by atoms with Gasteiger partial charge in [-0.25, -0.2) is 4.79 Å². The van der Waals surface area contributed by atoms with Crippen molar-refractivity contribution in [2.75, 3.05) is 6.54 Å². The predicted octanol–water partition coefficient (Wildman–Crippen LogP) is 4.20. The summed E-state index contributed by atoms with van der Waals surface area (Å²) in [6, 6.07) is 14.9. The molecule has 0 saturated carbocycles. The molecular formula is C18H16BrNO3. The average molecular weight is 374 g/mol. The molecule has 4 nitrogen and oxygen atoms in total. The molecule has 0 unspecified atom stereocenters. The van der Waals surface area contributed by atoms with Crippen LogP contribution in [0.3, 0.4) is 0 Å². The summed E-state index contributed by atoms with van der Waals surface area (Å²) in [5.74, 6) is 0. The number of hydrogen-bond acceptors (Lipinski definition) is 3. The highest BCUT2D eigenvalue weighted by Crippen LogP contribution is 2.15. The molecule has 0 saturated heterocycles. The summed E-state index contributed by atoms with van der Waals surface area (Å²) in [7, 11) is 0. The van der Waals surface area contributed by atoms with Crippen LogP contribution in [0.4, 0.5) is 4.79 Å². The van der Waals surface area contributed by atoms with Crippen molar-refractivity contribution in [2.45, 2.75) is 6.61 Å². The van der Waals surface area contributed by atoms with Gasteiger partial charge in [-0.15, -0.1) is 0 Å². The van der Waals surface area contributed by atoms with Crippen LogP contribution in [0.2, 0.25) is 0 Å². The lowest BCUT2D eigenvalue weighted by Crippen LogP contribution is -2.24. The van der Waals surface area contributed by atoms with Crippen LogP contribution in [-0.2, 0) is 11.3 Å². The minimum atomic E-state index is -0.471. The van der Waals surface area contributed by atoms with Crippen LogP contribution in [0, 0.1) is 0 Å². The Hall–Kier alpha value is -2.40. The Balaban J connectivity index is 1.76. The number of carbonyl (C=O) groups is 2. The minimum Gasteiger partial charge on any atom is -0.445 e. The fraction of sp³-hybridized carbons (Fsp3) is 0.111. The second kappa shape index (κ2) is 8.90. The third-order valence-electron chi connectivity index (χ3n) is 2.97. The zero-order valence-corrected chi connectivity index (χ0v) is 14.0. The molecule has 0 spiro atoms. The number of ether oxygens (including phenoxy) is 1. The van der Waals surface area contributed by atoms with Crippen molar-refractivity contribution in [1.29, 1.82) is 0 Å². The topological polar surface area (TPSA) is 55.4 Å². The van der Waals surface area contributed by atoms with Gasteiger partial charge in [-0.1, -0.05) is 58.4 Å². The minimum absolute atomic E-state index is 0.241. The maximum Gasteiger partial charge on any atom is 0.407 e. The molecule has 0 fully saturated rings. The van der Waals surface area contributed by atoms with Gasteiger partial charge in [-0.2, -0.15) is 0 Å². The van der Waals surface area contributed by atoms with E-state index in [1.165, 1.54) is 0 Å². The highest BCUT2D eigenvalue weighted by Gasteiger charge is 2.00. The van der Waals surface area contributed by atoms with Crippen molar-refractivity contribution in [3.63, 3.8) is 0 Å². The van der Waals surface area contributed by atoms with E-state index in [9.17, 15) is 9.59 Å². The van der Waals surface area contributed by atoms with Crippen LogP contribution in [0.15, 0.2) is 59.1 Å². The number of benzene rings is 2. The molecule has 0 atom stereocenters. The van der Waals surface area contributed by atoms with E-state index in [4.69, 9.17) is 4.74 Å². The molecular weight excluding hydrogens is 358 g/mol. The lowest BCUT2D eigenvalue weighted by molar-refractivity contribution is 0.112. The molecule has 0 aromatic heterocycles. The standard InChI is InChI=1S/C18H16BrNO3/c19-17-10-15(9-16(11-17)12-21)7-4-8-20-18(22)23-13-14-5-2-1-3-6-14/h1-7,9-12H,8,13H2,(H,20,22). The Bertz CT molecular complexity index is 699. The summed E-state index contributed by atoms with van der Waals surface area (Å²) >= 11 is 3.35. The average Bonchev–Trinajstić information content (AvgIpc) is 2.57. The van der Waals surface area contributed by atoms with E-state index >= 15 is 0 Å². The maximum absolute atomic E-state index is 11.6. The first-order valence-corrected chi connectivity index (χ1v) is 7.83. The molecule has 0 heterocycles. The zero-order valence-electron chi connectivity index (χ0n) is 12.4. The van der Waals surface area contributed by atoms with E-state index in [1.54, 1.807) is 18.2 Å². The monoisotopic (exact) mass is 373 g/mol. The summed E-state index contributed by atoms with van der Waals surface area (Å²) in [5, 5.41) is 2.64. The van der Waals surface area contributed by atoms with Crippen molar-refractivity contribution in [2.24, 2.45) is 0 Å². The van der Waals surface area contributed by atoms with Crippen LogP contribution < -0.4 is 5.32 Å². The van der Waals surface area contributed by atoms with Crippen molar-refractivity contribution in [1.82, 2.24) is 5.32 Å². The van der Waals surface area contributed by atoms with Crippen LogP contribution in [0.5, 0.6) is 0 Å². The van der Waals surface area contributed by atoms with E-state index in [0.29, 0.717) is 12.1 Å². The zero-order chi connectivity index (χ0) is 16.5. The van der Waals surface area contributed by atoms with E-state index in [2.05, 4.69) is 21.2 Å². The molecule has 0 aliphatic heterocycles. The fourth-order valence-corrected chi connectivity index (χ4v) is 2.44. The SMILES string of the molecule is O=Cc1cc(Br)cc(C=CCNC(=O)OCc2ccccc2)c1. The van der Waals surface area contributed by atoms with E-state index in [-0.39, 0.29) is 6.61 Å². The van der Waals surface area contributed by atoms with Crippen LogP contribution >= 0.6 is 15.9 Å². The van der Waals surface area contributed by atoms with Gasteiger partial charge in [0.15, 0.2) is 0 Å². The molecule has 0 bridgehead atoms. The normalized spacial score (nSPS) is 10.5. The number of aldehydes is 1. The largest absolute Gasteiger partial charge is 0.445 e. The molecule has 23 heavy (non-hydrogen) atoms.